The fourth-order valence-electron chi connectivity index (χ4n) is 2.86. The second-order valence-electron chi connectivity index (χ2n) is 5.93. The predicted octanol–water partition coefficient (Wildman–Crippen LogP) is 0.466. The lowest BCUT2D eigenvalue weighted by atomic mass is 9.99. The third-order valence-corrected chi connectivity index (χ3v) is 4.45. The number of hydrazone groups is 1. The number of thiocarbonyl (C=S) groups is 1. The van der Waals surface area contributed by atoms with Crippen LogP contribution in [0.25, 0.3) is 0 Å². The van der Waals surface area contributed by atoms with E-state index in [1.165, 1.54) is 37.8 Å². The molecule has 1 saturated heterocycles. The molecule has 0 bridgehead atoms. The van der Waals surface area contributed by atoms with Crippen LogP contribution in [0.1, 0.15) is 44.9 Å². The summed E-state index contributed by atoms with van der Waals surface area (Å²) in [7, 11) is 0. The first-order valence-corrected chi connectivity index (χ1v) is 8.76. The second kappa shape index (κ2) is 10.1. The van der Waals surface area contributed by atoms with Crippen molar-refractivity contribution in [3.05, 3.63) is 0 Å². The maximum absolute atomic E-state index is 5.35. The van der Waals surface area contributed by atoms with Crippen molar-refractivity contribution < 1.29 is 9.64 Å². The van der Waals surface area contributed by atoms with Crippen LogP contribution in [0.5, 0.6) is 0 Å². The Kier molecular flexibility index (Phi) is 7.99. The van der Waals surface area contributed by atoms with Crippen LogP contribution >= 0.6 is 12.2 Å². The summed E-state index contributed by atoms with van der Waals surface area (Å²) in [6.45, 7) is 5.94. The zero-order valence-electron chi connectivity index (χ0n) is 13.0. The van der Waals surface area contributed by atoms with Gasteiger partial charge in [0.2, 0.25) is 0 Å². The summed E-state index contributed by atoms with van der Waals surface area (Å²) in [5.41, 5.74) is 4.29. The highest BCUT2D eigenvalue weighted by molar-refractivity contribution is 7.80. The molecule has 0 radical (unpaired) electrons. The van der Waals surface area contributed by atoms with E-state index in [-0.39, 0.29) is 0 Å². The van der Waals surface area contributed by atoms with Crippen LogP contribution in [0.3, 0.4) is 0 Å². The van der Waals surface area contributed by atoms with Gasteiger partial charge in [-0.3, -0.25) is 5.43 Å². The number of morpholine rings is 1. The van der Waals surface area contributed by atoms with Crippen molar-refractivity contribution in [2.75, 3.05) is 39.4 Å². The van der Waals surface area contributed by atoms with E-state index >= 15 is 0 Å². The molecule has 1 aliphatic carbocycles. The Bertz CT molecular complexity index is 333. The second-order valence-corrected chi connectivity index (χ2v) is 6.33. The van der Waals surface area contributed by atoms with Crippen LogP contribution in [0.2, 0.25) is 0 Å². The first-order chi connectivity index (χ1) is 10.3. The molecular weight excluding hydrogens is 284 g/mol. The molecule has 0 aromatic heterocycles. The molecule has 1 heterocycles. The minimum absolute atomic E-state index is 0.650. The molecular formula is C15H29N4OS+. The summed E-state index contributed by atoms with van der Waals surface area (Å²) >= 11 is 5.29. The highest BCUT2D eigenvalue weighted by Crippen LogP contribution is 2.14. The molecule has 2 aliphatic rings. The Morgan fingerprint density at radius 3 is 2.48 bits per heavy atom. The van der Waals surface area contributed by atoms with Gasteiger partial charge in [-0.25, -0.2) is 0 Å². The van der Waals surface area contributed by atoms with Crippen molar-refractivity contribution in [1.82, 2.24) is 10.7 Å². The summed E-state index contributed by atoms with van der Waals surface area (Å²) in [6.07, 6.45) is 8.82. The fraction of sp³-hybridized carbons (Fsp3) is 0.867. The molecule has 0 unspecified atom stereocenters. The Balaban J connectivity index is 1.59. The zero-order valence-corrected chi connectivity index (χ0v) is 13.8. The summed E-state index contributed by atoms with van der Waals surface area (Å²) < 4.78 is 5.35. The third kappa shape index (κ3) is 7.20. The molecule has 0 aromatic carbocycles. The highest BCUT2D eigenvalue weighted by atomic mass is 32.1. The minimum Gasteiger partial charge on any atom is -0.370 e. The average molecular weight is 313 g/mol. The molecule has 0 amide bonds. The van der Waals surface area contributed by atoms with Crippen molar-refractivity contribution in [1.29, 1.82) is 0 Å². The van der Waals surface area contributed by atoms with Gasteiger partial charge in [-0.1, -0.05) is 19.3 Å². The highest BCUT2D eigenvalue weighted by Gasteiger charge is 2.12. The molecule has 1 aliphatic heterocycles. The van der Waals surface area contributed by atoms with Crippen molar-refractivity contribution in [2.45, 2.75) is 44.9 Å². The SMILES string of the molecule is S=C(NCC[NH+]1CCOCC1)NN=C1CCCCCCC1. The number of hydrogen-bond acceptors (Lipinski definition) is 3. The van der Waals surface area contributed by atoms with Crippen LogP contribution < -0.4 is 15.6 Å². The smallest absolute Gasteiger partial charge is 0.187 e. The van der Waals surface area contributed by atoms with Crippen LogP contribution in [-0.2, 0) is 4.74 Å². The molecule has 0 spiro atoms. The Labute approximate surface area is 133 Å². The van der Waals surface area contributed by atoms with E-state index in [0.717, 1.165) is 52.2 Å². The minimum atomic E-state index is 0.650. The summed E-state index contributed by atoms with van der Waals surface area (Å²) in [5.74, 6) is 0. The van der Waals surface area contributed by atoms with E-state index < -0.39 is 0 Å². The third-order valence-electron chi connectivity index (χ3n) is 4.21. The van der Waals surface area contributed by atoms with E-state index in [1.54, 1.807) is 4.90 Å². The Morgan fingerprint density at radius 1 is 1.10 bits per heavy atom. The van der Waals surface area contributed by atoms with Crippen molar-refractivity contribution in [3.8, 4) is 0 Å². The van der Waals surface area contributed by atoms with Gasteiger partial charge in [0, 0.05) is 5.71 Å². The predicted molar refractivity (Wildman–Crippen MR) is 89.9 cm³/mol. The van der Waals surface area contributed by atoms with Crippen molar-refractivity contribution >= 4 is 23.0 Å². The van der Waals surface area contributed by atoms with E-state index in [1.807, 2.05) is 0 Å². The number of ether oxygens (including phenoxy) is 1. The molecule has 2 rings (SSSR count). The molecule has 21 heavy (non-hydrogen) atoms. The first kappa shape index (κ1) is 16.6. The van der Waals surface area contributed by atoms with Crippen LogP contribution in [0.4, 0.5) is 0 Å². The van der Waals surface area contributed by atoms with E-state index in [4.69, 9.17) is 17.0 Å². The van der Waals surface area contributed by atoms with E-state index in [0.29, 0.717) is 5.11 Å². The molecule has 2 fully saturated rings. The van der Waals surface area contributed by atoms with Gasteiger partial charge < -0.3 is 15.0 Å². The lowest BCUT2D eigenvalue weighted by Crippen LogP contribution is -3.14. The van der Waals surface area contributed by atoms with E-state index in [9.17, 15) is 0 Å². The van der Waals surface area contributed by atoms with Crippen LogP contribution in [-0.4, -0.2) is 50.2 Å². The molecule has 0 atom stereocenters. The summed E-state index contributed by atoms with van der Waals surface area (Å²) in [5, 5.41) is 8.39. The first-order valence-electron chi connectivity index (χ1n) is 8.35. The van der Waals surface area contributed by atoms with Gasteiger partial charge in [-0.15, -0.1) is 0 Å². The van der Waals surface area contributed by atoms with Gasteiger partial charge in [0.25, 0.3) is 0 Å². The summed E-state index contributed by atoms with van der Waals surface area (Å²) in [4.78, 5) is 1.59. The Hall–Kier alpha value is -0.720. The van der Waals surface area contributed by atoms with Gasteiger partial charge in [-0.2, -0.15) is 5.10 Å². The Morgan fingerprint density at radius 2 is 1.76 bits per heavy atom. The van der Waals surface area contributed by atoms with Gasteiger partial charge in [0.1, 0.15) is 13.1 Å². The molecule has 6 heteroatoms. The lowest BCUT2D eigenvalue weighted by Gasteiger charge is -2.23. The lowest BCUT2D eigenvalue weighted by molar-refractivity contribution is -0.906. The quantitative estimate of drug-likeness (QED) is 0.522. The number of hydrogen-bond donors (Lipinski definition) is 3. The topological polar surface area (TPSA) is 50.1 Å². The van der Waals surface area contributed by atoms with E-state index in [2.05, 4.69) is 15.8 Å². The standard InChI is InChI=1S/C15H28N4OS/c21-15(16-8-9-19-10-12-20-13-11-19)18-17-14-6-4-2-1-3-5-7-14/h1-13H2,(H2,16,18,21)/p+1. The van der Waals surface area contributed by atoms with Gasteiger partial charge >= 0.3 is 0 Å². The number of quaternary nitrogens is 1. The van der Waals surface area contributed by atoms with Crippen LogP contribution in [0.15, 0.2) is 5.10 Å². The van der Waals surface area contributed by atoms with Crippen LogP contribution in [0, 0.1) is 0 Å². The zero-order chi connectivity index (χ0) is 14.8. The van der Waals surface area contributed by atoms with Gasteiger partial charge in [0.05, 0.1) is 26.3 Å². The maximum atomic E-state index is 5.35. The number of nitrogens with one attached hydrogen (secondary N) is 3. The summed E-state index contributed by atoms with van der Waals surface area (Å²) in [6, 6.07) is 0. The monoisotopic (exact) mass is 313 g/mol. The van der Waals surface area contributed by atoms with Gasteiger partial charge in [-0.05, 0) is 37.9 Å². The molecule has 1 saturated carbocycles. The number of rotatable bonds is 4. The van der Waals surface area contributed by atoms with Crippen molar-refractivity contribution in [2.24, 2.45) is 5.10 Å². The maximum Gasteiger partial charge on any atom is 0.187 e. The normalized spacial score (nSPS) is 21.2. The average Bonchev–Trinajstić information content (AvgIpc) is 2.47. The molecule has 120 valence electrons. The van der Waals surface area contributed by atoms with Crippen molar-refractivity contribution in [3.63, 3.8) is 0 Å². The molecule has 3 N–H and O–H groups in total. The molecule has 0 aromatic rings. The fourth-order valence-corrected chi connectivity index (χ4v) is 3.01. The number of nitrogens with zero attached hydrogens (tertiary/aromatic N) is 1. The molecule has 5 nitrogen and oxygen atoms in total. The van der Waals surface area contributed by atoms with Gasteiger partial charge in [0.15, 0.2) is 5.11 Å². The largest absolute Gasteiger partial charge is 0.370 e.